The Morgan fingerprint density at radius 1 is 1.00 bits per heavy atom. The number of benzene rings is 3. The molecule has 8 rings (SSSR count). The van der Waals surface area contributed by atoms with Crippen molar-refractivity contribution in [3.63, 3.8) is 0 Å². The number of para-hydroxylation sites is 1. The van der Waals surface area contributed by atoms with Crippen LogP contribution in [0.2, 0.25) is 0 Å². The molecule has 12 heteroatoms. The molecule has 1 amide bonds. The van der Waals surface area contributed by atoms with E-state index in [9.17, 15) is 19.5 Å². The number of esters is 1. The van der Waals surface area contributed by atoms with Gasteiger partial charge in [0.25, 0.3) is 0 Å². The summed E-state index contributed by atoms with van der Waals surface area (Å²) in [5.41, 5.74) is 4.24. The lowest BCUT2D eigenvalue weighted by atomic mass is 9.72. The molecule has 53 heavy (non-hydrogen) atoms. The molecule has 0 saturated carbocycles. The Labute approximate surface area is 305 Å². The molecular weight excluding hydrogens is 676 g/mol. The zero-order valence-electron chi connectivity index (χ0n) is 30.0. The van der Waals surface area contributed by atoms with Gasteiger partial charge in [0.1, 0.15) is 29.6 Å². The third-order valence-corrected chi connectivity index (χ3v) is 10.6. The van der Waals surface area contributed by atoms with Crippen LogP contribution in [0.3, 0.4) is 0 Å². The van der Waals surface area contributed by atoms with Crippen LogP contribution in [-0.2, 0) is 26.2 Å². The number of Topliss-reactive ketones (excluding diaryl/α,β-unsaturated/α-hetero) is 1. The summed E-state index contributed by atoms with van der Waals surface area (Å²) in [6.07, 6.45) is -0.627. The van der Waals surface area contributed by atoms with Gasteiger partial charge in [-0.15, -0.1) is 0 Å². The lowest BCUT2D eigenvalue weighted by Crippen LogP contribution is -2.41. The molecule has 0 saturated heterocycles. The highest BCUT2D eigenvalue weighted by Gasteiger charge is 2.61. The number of nitrogens with zero attached hydrogens (tertiary/aromatic N) is 2. The highest BCUT2D eigenvalue weighted by Crippen LogP contribution is 2.60. The molecule has 5 atom stereocenters. The molecule has 12 nitrogen and oxygen atoms in total. The summed E-state index contributed by atoms with van der Waals surface area (Å²) >= 11 is 0. The Morgan fingerprint density at radius 2 is 1.79 bits per heavy atom. The summed E-state index contributed by atoms with van der Waals surface area (Å²) in [6.45, 7) is 7.40. The van der Waals surface area contributed by atoms with Crippen molar-refractivity contribution in [2.24, 2.45) is 17.8 Å². The van der Waals surface area contributed by atoms with Crippen LogP contribution in [0.25, 0.3) is 22.7 Å². The van der Waals surface area contributed by atoms with Gasteiger partial charge in [-0.25, -0.2) is 14.8 Å². The van der Waals surface area contributed by atoms with Gasteiger partial charge in [-0.2, -0.15) is 0 Å². The summed E-state index contributed by atoms with van der Waals surface area (Å²) < 4.78 is 24.5. The minimum absolute atomic E-state index is 0.0237. The van der Waals surface area contributed by atoms with Gasteiger partial charge in [0, 0.05) is 34.7 Å². The van der Waals surface area contributed by atoms with Crippen LogP contribution in [0.1, 0.15) is 79.0 Å². The quantitative estimate of drug-likeness (QED) is 0.156. The molecule has 1 spiro atoms. The molecule has 3 aliphatic heterocycles. The first kappa shape index (κ1) is 34.3. The van der Waals surface area contributed by atoms with Crippen molar-refractivity contribution < 1.29 is 37.8 Å². The number of carbonyl (C=O) groups is 3. The second kappa shape index (κ2) is 13.0. The maximum absolute atomic E-state index is 14.2. The van der Waals surface area contributed by atoms with Crippen molar-refractivity contribution in [1.29, 1.82) is 0 Å². The summed E-state index contributed by atoms with van der Waals surface area (Å²) in [5.74, 6) is -1.60. The molecule has 0 fully saturated rings. The Kier molecular flexibility index (Phi) is 8.44. The van der Waals surface area contributed by atoms with E-state index in [-0.39, 0.29) is 53.8 Å². The normalized spacial score (nSPS) is 21.8. The zero-order valence-corrected chi connectivity index (χ0v) is 30.0. The largest absolute Gasteiger partial charge is 0.469 e. The van der Waals surface area contributed by atoms with E-state index in [0.29, 0.717) is 11.5 Å². The number of methoxy groups -OCH3 is 1. The van der Waals surface area contributed by atoms with Crippen LogP contribution in [-0.4, -0.2) is 52.2 Å². The van der Waals surface area contributed by atoms with Gasteiger partial charge in [-0.3, -0.25) is 9.59 Å². The molecule has 5 aromatic rings. The standard InChI is InChI=1S/C41H40N4O8/c1-20(2)31-38-44-33(37-42-28(19-51-37)39(49)50-5)35(53-38)41-26-13-9-12-25(23-10-7-6-8-11-23)32(26)45-40(41)52-30-15-14-22(17-27(30)41)16-24(36(48)43-31)18-29(46)34(47)21(3)4/h6-15,17,19-21,24,31,34,40,45,47H,16,18H2,1-5H3,(H,43,48)/t24-,31+,34+,40+,41?/m1/s1. The van der Waals surface area contributed by atoms with E-state index in [1.165, 1.54) is 13.4 Å². The van der Waals surface area contributed by atoms with Gasteiger partial charge in [0.15, 0.2) is 29.2 Å². The Hall–Kier alpha value is -5.75. The predicted molar refractivity (Wildman–Crippen MR) is 193 cm³/mol. The number of rotatable bonds is 8. The predicted octanol–water partition coefficient (Wildman–Crippen LogP) is 6.22. The average molecular weight is 717 g/mol. The number of hydrogen-bond acceptors (Lipinski definition) is 11. The van der Waals surface area contributed by atoms with Gasteiger partial charge >= 0.3 is 5.97 Å². The molecule has 3 aromatic carbocycles. The van der Waals surface area contributed by atoms with E-state index >= 15 is 0 Å². The maximum atomic E-state index is 14.2. The van der Waals surface area contributed by atoms with Crippen LogP contribution in [0.15, 0.2) is 81.8 Å². The third kappa shape index (κ3) is 5.51. The van der Waals surface area contributed by atoms with E-state index < -0.39 is 41.5 Å². The molecule has 0 aliphatic carbocycles. The molecular formula is C41H40N4O8. The van der Waals surface area contributed by atoms with E-state index in [1.807, 2.05) is 80.6 Å². The second-order valence-electron chi connectivity index (χ2n) is 14.6. The van der Waals surface area contributed by atoms with Gasteiger partial charge in [0.05, 0.1) is 7.11 Å². The average Bonchev–Trinajstić information content (AvgIpc) is 3.94. The van der Waals surface area contributed by atoms with Crippen molar-refractivity contribution in [3.05, 3.63) is 107 Å². The van der Waals surface area contributed by atoms with E-state index in [2.05, 4.69) is 15.6 Å². The number of aromatic nitrogens is 2. The third-order valence-electron chi connectivity index (χ3n) is 10.6. The van der Waals surface area contributed by atoms with Crippen LogP contribution in [0.4, 0.5) is 5.69 Å². The SMILES string of the molecule is COC(=O)c1coc(-c2nc3oc2C24c5cc(ccc5O[C@@H]2Nc2c(-c5ccccc5)cccc24)C[C@H](CC(=O)[C@@H](O)C(C)C)C(=O)N[C@H]3C(C)C)n1. The Morgan fingerprint density at radius 3 is 2.53 bits per heavy atom. The number of hydrogen-bond donors (Lipinski definition) is 3. The monoisotopic (exact) mass is 716 g/mol. The topological polar surface area (TPSA) is 166 Å². The van der Waals surface area contributed by atoms with Gasteiger partial charge in [0.2, 0.25) is 17.7 Å². The number of aliphatic hydroxyl groups excluding tert-OH is 1. The lowest BCUT2D eigenvalue weighted by Gasteiger charge is -2.28. The molecule has 2 aromatic heterocycles. The first-order valence-corrected chi connectivity index (χ1v) is 17.8. The number of ketones is 1. The van der Waals surface area contributed by atoms with Crippen molar-refractivity contribution in [3.8, 4) is 28.5 Å². The molecule has 4 bridgehead atoms. The van der Waals surface area contributed by atoms with Crippen molar-refractivity contribution in [1.82, 2.24) is 15.3 Å². The second-order valence-corrected chi connectivity index (χ2v) is 14.6. The number of amides is 1. The Balaban J connectivity index is 1.40. The van der Waals surface area contributed by atoms with Crippen LogP contribution >= 0.6 is 0 Å². The first-order chi connectivity index (χ1) is 25.5. The minimum Gasteiger partial charge on any atom is -0.469 e. The fraction of sp³-hybridized carbons (Fsp3) is 0.341. The summed E-state index contributed by atoms with van der Waals surface area (Å²) in [5, 5.41) is 17.5. The first-order valence-electron chi connectivity index (χ1n) is 17.8. The molecule has 3 aliphatic rings. The van der Waals surface area contributed by atoms with Crippen LogP contribution in [0.5, 0.6) is 5.75 Å². The fourth-order valence-corrected chi connectivity index (χ4v) is 7.81. The number of aliphatic hydroxyl groups is 1. The maximum Gasteiger partial charge on any atom is 0.360 e. The number of nitrogens with one attached hydrogen (secondary N) is 2. The number of ether oxygens (including phenoxy) is 2. The number of anilines is 1. The van der Waals surface area contributed by atoms with Gasteiger partial charge in [-0.1, -0.05) is 88.4 Å². The molecule has 5 heterocycles. The molecule has 3 N–H and O–H groups in total. The lowest BCUT2D eigenvalue weighted by molar-refractivity contribution is -0.135. The number of oxazole rings is 2. The minimum atomic E-state index is -1.20. The van der Waals surface area contributed by atoms with Crippen LogP contribution in [0, 0.1) is 17.8 Å². The molecule has 0 radical (unpaired) electrons. The highest BCUT2D eigenvalue weighted by atomic mass is 16.5. The van der Waals surface area contributed by atoms with E-state index in [0.717, 1.165) is 33.5 Å². The van der Waals surface area contributed by atoms with Crippen molar-refractivity contribution in [2.45, 2.75) is 64.3 Å². The van der Waals surface area contributed by atoms with E-state index in [1.54, 1.807) is 13.8 Å². The molecule has 1 unspecified atom stereocenters. The van der Waals surface area contributed by atoms with E-state index in [4.69, 9.17) is 23.3 Å². The van der Waals surface area contributed by atoms with Crippen LogP contribution < -0.4 is 15.4 Å². The number of fused-ring (bicyclic) bond motifs is 4. The summed E-state index contributed by atoms with van der Waals surface area (Å²) in [6, 6.07) is 21.1. The zero-order chi connectivity index (χ0) is 37.2. The smallest absolute Gasteiger partial charge is 0.360 e. The molecule has 272 valence electrons. The van der Waals surface area contributed by atoms with Gasteiger partial charge < -0.3 is 34.0 Å². The van der Waals surface area contributed by atoms with Crippen molar-refractivity contribution >= 4 is 23.3 Å². The highest BCUT2D eigenvalue weighted by molar-refractivity contribution is 5.91. The fourth-order valence-electron chi connectivity index (χ4n) is 7.81. The number of carbonyl (C=O) groups excluding carboxylic acids is 3. The van der Waals surface area contributed by atoms with Gasteiger partial charge in [-0.05, 0) is 35.4 Å². The summed E-state index contributed by atoms with van der Waals surface area (Å²) in [7, 11) is 1.26. The van der Waals surface area contributed by atoms with Crippen molar-refractivity contribution in [2.75, 3.05) is 12.4 Å². The summed E-state index contributed by atoms with van der Waals surface area (Å²) in [4.78, 5) is 49.5. The Bertz CT molecular complexity index is 2240.